The van der Waals surface area contributed by atoms with E-state index in [1.54, 1.807) is 0 Å². The molecule has 1 saturated heterocycles. The van der Waals surface area contributed by atoms with Crippen molar-refractivity contribution in [2.45, 2.75) is 82.9 Å². The molecule has 2 aromatic rings. The first kappa shape index (κ1) is 28.1. The van der Waals surface area contributed by atoms with E-state index < -0.39 is 24.2 Å². The van der Waals surface area contributed by atoms with E-state index in [0.29, 0.717) is 12.4 Å². The molecule has 2 N–H and O–H groups in total. The lowest BCUT2D eigenvalue weighted by molar-refractivity contribution is 0.120. The highest BCUT2D eigenvalue weighted by Gasteiger charge is 2.41. The standard InChI is InChI=1S/C28H44N2O3SSi/c1-20(2)26(18-33-35(5,6)7)30-34(32,24-15-13-21(3)14-16-24)19-27-22(4)28(31)25(29-27)17-23-11-9-8-10-12-23/h8-16,20,22,25-29,31H,17-19H2,1-7H3/t22-,25+,26-,27-,28-,34?/m1/s1. The summed E-state index contributed by atoms with van der Waals surface area (Å²) in [7, 11) is -4.47. The van der Waals surface area contributed by atoms with E-state index in [1.165, 1.54) is 5.56 Å². The van der Waals surface area contributed by atoms with Crippen LogP contribution >= 0.6 is 0 Å². The molecule has 0 saturated carbocycles. The quantitative estimate of drug-likeness (QED) is 0.422. The third-order valence-corrected chi connectivity index (χ3v) is 10.3. The first-order chi connectivity index (χ1) is 16.4. The van der Waals surface area contributed by atoms with Crippen molar-refractivity contribution in [3.05, 3.63) is 65.7 Å². The Balaban J connectivity index is 1.91. The Morgan fingerprint density at radius 2 is 1.69 bits per heavy atom. The van der Waals surface area contributed by atoms with E-state index in [9.17, 15) is 9.32 Å². The van der Waals surface area contributed by atoms with Crippen molar-refractivity contribution in [3.8, 4) is 0 Å². The van der Waals surface area contributed by atoms with Gasteiger partial charge in [-0.15, -0.1) is 0 Å². The molecule has 1 heterocycles. The molecule has 0 aliphatic carbocycles. The zero-order valence-corrected chi connectivity index (χ0v) is 24.2. The van der Waals surface area contributed by atoms with Crippen LogP contribution in [0, 0.1) is 18.8 Å². The molecule has 35 heavy (non-hydrogen) atoms. The molecule has 3 rings (SSSR count). The highest BCUT2D eigenvalue weighted by molar-refractivity contribution is 7.93. The van der Waals surface area contributed by atoms with Gasteiger partial charge in [0.25, 0.3) is 0 Å². The van der Waals surface area contributed by atoms with Crippen molar-refractivity contribution in [1.82, 2.24) is 5.32 Å². The number of aliphatic hydroxyl groups excluding tert-OH is 1. The van der Waals surface area contributed by atoms with Gasteiger partial charge in [-0.25, -0.2) is 8.57 Å². The summed E-state index contributed by atoms with van der Waals surface area (Å²) in [5.41, 5.74) is 2.31. The van der Waals surface area contributed by atoms with Crippen LogP contribution in [-0.2, 0) is 20.6 Å². The van der Waals surface area contributed by atoms with Gasteiger partial charge < -0.3 is 14.8 Å². The second-order valence-corrected chi connectivity index (χ2v) is 18.2. The third-order valence-electron chi connectivity index (χ3n) is 6.87. The van der Waals surface area contributed by atoms with Crippen LogP contribution in [0.1, 0.15) is 31.9 Å². The van der Waals surface area contributed by atoms with Crippen LogP contribution in [0.2, 0.25) is 19.6 Å². The number of hydrogen-bond donors (Lipinski definition) is 2. The largest absolute Gasteiger partial charge is 0.415 e. The highest BCUT2D eigenvalue weighted by Crippen LogP contribution is 2.28. The average Bonchev–Trinajstić information content (AvgIpc) is 3.04. The molecule has 2 aromatic carbocycles. The van der Waals surface area contributed by atoms with Gasteiger partial charge in [-0.05, 0) is 62.5 Å². The summed E-state index contributed by atoms with van der Waals surface area (Å²) >= 11 is 0. The maximum Gasteiger partial charge on any atom is 0.183 e. The minimum Gasteiger partial charge on any atom is -0.415 e. The Morgan fingerprint density at radius 1 is 1.06 bits per heavy atom. The molecular formula is C28H44N2O3SSi. The monoisotopic (exact) mass is 516 g/mol. The van der Waals surface area contributed by atoms with Crippen LogP contribution in [0.15, 0.2) is 63.9 Å². The Hall–Kier alpha value is -1.51. The predicted octanol–water partition coefficient (Wildman–Crippen LogP) is 5.28. The number of aliphatic hydroxyl groups is 1. The predicted molar refractivity (Wildman–Crippen MR) is 149 cm³/mol. The minimum atomic E-state index is -2.75. The zero-order chi connectivity index (χ0) is 25.8. The maximum atomic E-state index is 14.7. The molecule has 194 valence electrons. The molecule has 1 unspecified atom stereocenters. The topological polar surface area (TPSA) is 70.9 Å². The lowest BCUT2D eigenvalue weighted by Gasteiger charge is -2.26. The fourth-order valence-electron chi connectivity index (χ4n) is 4.47. The van der Waals surface area contributed by atoms with Crippen LogP contribution < -0.4 is 5.32 Å². The molecule has 0 radical (unpaired) electrons. The molecule has 0 spiro atoms. The minimum absolute atomic E-state index is 0.0269. The molecule has 0 bridgehead atoms. The number of rotatable bonds is 10. The van der Waals surface area contributed by atoms with E-state index >= 15 is 0 Å². The Kier molecular flexibility index (Phi) is 9.37. The Labute approximate surface area is 214 Å². The zero-order valence-electron chi connectivity index (χ0n) is 22.4. The molecule has 0 aromatic heterocycles. The second-order valence-electron chi connectivity index (χ2n) is 11.4. The van der Waals surface area contributed by atoms with Crippen LogP contribution in [0.5, 0.6) is 0 Å². The molecule has 7 heteroatoms. The van der Waals surface area contributed by atoms with E-state index in [4.69, 9.17) is 8.79 Å². The van der Waals surface area contributed by atoms with E-state index in [-0.39, 0.29) is 30.0 Å². The smallest absolute Gasteiger partial charge is 0.183 e. The summed E-state index contributed by atoms with van der Waals surface area (Å²) < 4.78 is 25.9. The number of nitrogens with one attached hydrogen (secondary N) is 1. The van der Waals surface area contributed by atoms with Crippen molar-refractivity contribution in [1.29, 1.82) is 0 Å². The van der Waals surface area contributed by atoms with Gasteiger partial charge in [0, 0.05) is 17.0 Å². The summed E-state index contributed by atoms with van der Waals surface area (Å²) in [6, 6.07) is 17.8. The van der Waals surface area contributed by atoms with Crippen LogP contribution in [0.3, 0.4) is 0 Å². The summed E-state index contributed by atoms with van der Waals surface area (Å²) in [4.78, 5) is 0.761. The van der Waals surface area contributed by atoms with Gasteiger partial charge >= 0.3 is 0 Å². The summed E-state index contributed by atoms with van der Waals surface area (Å²) in [6.07, 6.45) is 0.239. The SMILES string of the molecule is Cc1ccc(S(=O)(C[C@H]2N[C@@H](Cc3ccccc3)[C@H](O)[C@@H]2C)=N[C@H](CO[Si](C)(C)C)C(C)C)cc1. The first-order valence-electron chi connectivity index (χ1n) is 12.8. The highest BCUT2D eigenvalue weighted by atomic mass is 32.2. The Bertz CT molecular complexity index is 1060. The molecule has 1 aliphatic heterocycles. The van der Waals surface area contributed by atoms with Crippen molar-refractivity contribution < 1.29 is 13.7 Å². The van der Waals surface area contributed by atoms with Gasteiger partial charge in [0.2, 0.25) is 0 Å². The average molecular weight is 517 g/mol. The molecule has 5 nitrogen and oxygen atoms in total. The molecular weight excluding hydrogens is 472 g/mol. The van der Waals surface area contributed by atoms with E-state index in [0.717, 1.165) is 16.9 Å². The first-order valence-corrected chi connectivity index (χ1v) is 17.9. The van der Waals surface area contributed by atoms with Crippen LogP contribution in [-0.4, -0.2) is 54.2 Å². The summed E-state index contributed by atoms with van der Waals surface area (Å²) in [6.45, 7) is 15.3. The molecule has 1 fully saturated rings. The van der Waals surface area contributed by atoms with Crippen molar-refractivity contribution >= 4 is 18.0 Å². The Morgan fingerprint density at radius 3 is 2.26 bits per heavy atom. The second kappa shape index (κ2) is 11.7. The van der Waals surface area contributed by atoms with E-state index in [1.807, 2.05) is 49.4 Å². The van der Waals surface area contributed by atoms with E-state index in [2.05, 4.69) is 57.9 Å². The van der Waals surface area contributed by atoms with Crippen molar-refractivity contribution in [2.24, 2.45) is 16.2 Å². The van der Waals surface area contributed by atoms with Gasteiger partial charge in [0.05, 0.1) is 34.2 Å². The van der Waals surface area contributed by atoms with Crippen LogP contribution in [0.25, 0.3) is 0 Å². The van der Waals surface area contributed by atoms with Crippen LogP contribution in [0.4, 0.5) is 0 Å². The normalized spacial score (nSPS) is 25.4. The van der Waals surface area contributed by atoms with Gasteiger partial charge in [0.15, 0.2) is 8.32 Å². The van der Waals surface area contributed by atoms with Gasteiger partial charge in [-0.1, -0.05) is 68.8 Å². The number of aryl methyl sites for hydroxylation is 1. The molecule has 1 aliphatic rings. The van der Waals surface area contributed by atoms with Gasteiger partial charge in [-0.2, -0.15) is 0 Å². The lowest BCUT2D eigenvalue weighted by atomic mass is 9.96. The maximum absolute atomic E-state index is 14.7. The van der Waals surface area contributed by atoms with Crippen molar-refractivity contribution in [3.63, 3.8) is 0 Å². The molecule has 0 amide bonds. The van der Waals surface area contributed by atoms with Crippen molar-refractivity contribution in [2.75, 3.05) is 12.4 Å². The number of nitrogens with zero attached hydrogens (tertiary/aromatic N) is 1. The van der Waals surface area contributed by atoms with Gasteiger partial charge in [-0.3, -0.25) is 0 Å². The van der Waals surface area contributed by atoms with Gasteiger partial charge in [0.1, 0.15) is 0 Å². The number of hydrogen-bond acceptors (Lipinski definition) is 5. The lowest BCUT2D eigenvalue weighted by Crippen LogP contribution is -2.39. The fourth-order valence-corrected chi connectivity index (χ4v) is 7.73. The summed E-state index contributed by atoms with van der Waals surface area (Å²) in [5, 5.41) is 14.7. The fraction of sp³-hybridized carbons (Fsp3) is 0.571. The number of benzene rings is 2. The summed E-state index contributed by atoms with van der Waals surface area (Å²) in [5.74, 6) is 0.555. The third kappa shape index (κ3) is 7.73. The molecule has 6 atom stereocenters.